The van der Waals surface area contributed by atoms with Crippen molar-refractivity contribution in [3.8, 4) is 11.5 Å². The molecule has 0 amide bonds. The molecule has 1 aliphatic heterocycles. The van der Waals surface area contributed by atoms with Crippen LogP contribution >= 0.6 is 0 Å². The fourth-order valence-corrected chi connectivity index (χ4v) is 2.08. The largest absolute Gasteiger partial charge is 0.504 e. The third-order valence-corrected chi connectivity index (χ3v) is 4.09. The van der Waals surface area contributed by atoms with Gasteiger partial charge in [-0.15, -0.1) is 0 Å². The van der Waals surface area contributed by atoms with Crippen molar-refractivity contribution in [3.05, 3.63) is 17.7 Å². The summed E-state index contributed by atoms with van der Waals surface area (Å²) >= 11 is 0. The van der Waals surface area contributed by atoms with Gasteiger partial charge >= 0.3 is 7.12 Å². The minimum Gasteiger partial charge on any atom is -0.504 e. The first-order chi connectivity index (χ1) is 9.21. The number of aliphatic hydroxyl groups is 1. The molecular weight excluding hydrogens is 259 g/mol. The second kappa shape index (κ2) is 4.95. The molecule has 1 saturated heterocycles. The van der Waals surface area contributed by atoms with Crippen molar-refractivity contribution in [1.82, 2.24) is 0 Å². The van der Waals surface area contributed by atoms with Crippen LogP contribution in [0.4, 0.5) is 0 Å². The Balaban J connectivity index is 2.40. The Kier molecular flexibility index (Phi) is 3.75. The van der Waals surface area contributed by atoms with Crippen LogP contribution in [0.2, 0.25) is 0 Å². The van der Waals surface area contributed by atoms with Crippen LogP contribution in [0, 0.1) is 0 Å². The van der Waals surface area contributed by atoms with Gasteiger partial charge in [0.25, 0.3) is 0 Å². The van der Waals surface area contributed by atoms with Gasteiger partial charge in [-0.25, -0.2) is 0 Å². The number of methoxy groups -OCH3 is 1. The molecule has 0 radical (unpaired) electrons. The van der Waals surface area contributed by atoms with Crippen molar-refractivity contribution in [1.29, 1.82) is 0 Å². The van der Waals surface area contributed by atoms with Gasteiger partial charge in [-0.05, 0) is 39.2 Å². The molecule has 1 fully saturated rings. The van der Waals surface area contributed by atoms with Crippen LogP contribution in [0.5, 0.6) is 11.5 Å². The maximum atomic E-state index is 9.89. The van der Waals surface area contributed by atoms with Crippen LogP contribution in [0.25, 0.3) is 0 Å². The molecule has 0 spiro atoms. The minimum absolute atomic E-state index is 0.0599. The van der Waals surface area contributed by atoms with Gasteiger partial charge < -0.3 is 24.3 Å². The van der Waals surface area contributed by atoms with Crippen LogP contribution in [0.15, 0.2) is 12.1 Å². The van der Waals surface area contributed by atoms with E-state index in [1.807, 2.05) is 27.7 Å². The molecule has 0 bridgehead atoms. The highest BCUT2D eigenvalue weighted by Crippen LogP contribution is 2.37. The molecule has 1 heterocycles. The maximum absolute atomic E-state index is 9.89. The van der Waals surface area contributed by atoms with Crippen molar-refractivity contribution in [2.75, 3.05) is 7.11 Å². The third kappa shape index (κ3) is 2.39. The summed E-state index contributed by atoms with van der Waals surface area (Å²) in [6.45, 7) is 7.60. The van der Waals surface area contributed by atoms with Crippen LogP contribution in [0.3, 0.4) is 0 Å². The lowest BCUT2D eigenvalue weighted by Crippen LogP contribution is -2.41. The first kappa shape index (κ1) is 15.2. The van der Waals surface area contributed by atoms with E-state index in [-0.39, 0.29) is 12.4 Å². The van der Waals surface area contributed by atoms with Crippen molar-refractivity contribution in [3.63, 3.8) is 0 Å². The summed E-state index contributed by atoms with van der Waals surface area (Å²) in [5.74, 6) is 0.233. The normalized spacial score (nSPS) is 20.2. The Hall–Kier alpha value is -1.24. The molecule has 1 aromatic carbocycles. The van der Waals surface area contributed by atoms with Crippen molar-refractivity contribution >= 4 is 12.6 Å². The first-order valence-corrected chi connectivity index (χ1v) is 6.58. The summed E-state index contributed by atoms with van der Waals surface area (Å²) in [5.41, 5.74) is 0.209. The molecule has 5 nitrogen and oxygen atoms in total. The number of phenols is 1. The summed E-state index contributed by atoms with van der Waals surface area (Å²) in [7, 11) is 0.907. The Labute approximate surface area is 119 Å². The number of aromatic hydroxyl groups is 1. The predicted molar refractivity (Wildman–Crippen MR) is 76.3 cm³/mol. The number of hydrogen-bond acceptors (Lipinski definition) is 5. The number of rotatable bonds is 3. The number of ether oxygens (including phenoxy) is 1. The van der Waals surface area contributed by atoms with E-state index in [4.69, 9.17) is 14.0 Å². The van der Waals surface area contributed by atoms with Crippen molar-refractivity contribution in [2.45, 2.75) is 45.5 Å². The number of benzene rings is 1. The average molecular weight is 280 g/mol. The lowest BCUT2D eigenvalue weighted by Gasteiger charge is -2.32. The van der Waals surface area contributed by atoms with E-state index in [1.165, 1.54) is 7.11 Å². The van der Waals surface area contributed by atoms with Gasteiger partial charge in [-0.2, -0.15) is 0 Å². The van der Waals surface area contributed by atoms with Gasteiger partial charge in [0.1, 0.15) is 0 Å². The van der Waals surface area contributed by atoms with E-state index in [0.717, 1.165) is 0 Å². The molecule has 110 valence electrons. The topological polar surface area (TPSA) is 68.2 Å². The summed E-state index contributed by atoms with van der Waals surface area (Å²) < 4.78 is 17.0. The highest BCUT2D eigenvalue weighted by atomic mass is 16.7. The molecule has 1 aliphatic rings. The molecule has 0 aromatic heterocycles. The fraction of sp³-hybridized carbons (Fsp3) is 0.571. The van der Waals surface area contributed by atoms with Gasteiger partial charge in [0.05, 0.1) is 24.9 Å². The molecule has 1 aromatic rings. The number of aliphatic hydroxyl groups excluding tert-OH is 1. The molecule has 2 N–H and O–H groups in total. The van der Waals surface area contributed by atoms with Gasteiger partial charge in [-0.1, -0.05) is 6.07 Å². The van der Waals surface area contributed by atoms with E-state index < -0.39 is 18.3 Å². The van der Waals surface area contributed by atoms with Crippen molar-refractivity contribution < 1.29 is 24.3 Å². The lowest BCUT2D eigenvalue weighted by atomic mass is 9.78. The second-order valence-electron chi connectivity index (χ2n) is 5.98. The summed E-state index contributed by atoms with van der Waals surface area (Å²) in [6, 6.07) is 3.33. The molecular formula is C14H21BO5. The molecule has 20 heavy (non-hydrogen) atoms. The fourth-order valence-electron chi connectivity index (χ4n) is 2.08. The summed E-state index contributed by atoms with van der Waals surface area (Å²) in [6.07, 6.45) is 0. The van der Waals surface area contributed by atoms with Gasteiger partial charge in [-0.3, -0.25) is 0 Å². The third-order valence-electron chi connectivity index (χ3n) is 4.09. The predicted octanol–water partition coefficient (Wildman–Crippen LogP) is 1.19. The quantitative estimate of drug-likeness (QED) is 0.814. The molecule has 0 unspecified atom stereocenters. The summed E-state index contributed by atoms with van der Waals surface area (Å²) in [4.78, 5) is 0. The summed E-state index contributed by atoms with van der Waals surface area (Å²) in [5, 5.41) is 19.2. The zero-order valence-electron chi connectivity index (χ0n) is 12.6. The highest BCUT2D eigenvalue weighted by molar-refractivity contribution is 6.62. The SMILES string of the molecule is COc1cc(B2OC(C)(C)C(C)(C)O2)cc(CO)c1O. The monoisotopic (exact) mass is 280 g/mol. The number of hydrogen-bond donors (Lipinski definition) is 2. The molecule has 2 rings (SSSR count). The molecule has 0 saturated carbocycles. The minimum atomic E-state index is -0.556. The second-order valence-corrected chi connectivity index (χ2v) is 5.98. The van der Waals surface area contributed by atoms with E-state index in [0.29, 0.717) is 16.8 Å². The molecule has 0 aliphatic carbocycles. The Morgan fingerprint density at radius 2 is 1.70 bits per heavy atom. The Morgan fingerprint density at radius 3 is 2.15 bits per heavy atom. The Morgan fingerprint density at radius 1 is 1.15 bits per heavy atom. The van der Waals surface area contributed by atoms with Gasteiger partial charge in [0.15, 0.2) is 11.5 Å². The lowest BCUT2D eigenvalue weighted by molar-refractivity contribution is 0.00578. The van der Waals surface area contributed by atoms with E-state index in [2.05, 4.69) is 0 Å². The standard InChI is InChI=1S/C14H21BO5/c1-13(2)14(3,4)20-15(19-13)10-6-9(8-16)12(17)11(7-10)18-5/h6-7,16-17H,8H2,1-5H3. The van der Waals surface area contributed by atoms with Crippen LogP contribution < -0.4 is 10.2 Å². The van der Waals surface area contributed by atoms with Crippen LogP contribution in [0.1, 0.15) is 33.3 Å². The van der Waals surface area contributed by atoms with Gasteiger partial charge in [0.2, 0.25) is 0 Å². The zero-order chi connectivity index (χ0) is 15.1. The Bertz CT molecular complexity index is 471. The maximum Gasteiger partial charge on any atom is 0.494 e. The van der Waals surface area contributed by atoms with Crippen LogP contribution in [-0.4, -0.2) is 35.6 Å². The van der Waals surface area contributed by atoms with Crippen molar-refractivity contribution in [2.24, 2.45) is 0 Å². The average Bonchev–Trinajstić information content (AvgIpc) is 2.58. The smallest absolute Gasteiger partial charge is 0.494 e. The molecule has 0 atom stereocenters. The van der Waals surface area contributed by atoms with E-state index in [9.17, 15) is 10.2 Å². The first-order valence-electron chi connectivity index (χ1n) is 6.58. The highest BCUT2D eigenvalue weighted by Gasteiger charge is 2.51. The van der Waals surface area contributed by atoms with E-state index >= 15 is 0 Å². The van der Waals surface area contributed by atoms with Gasteiger partial charge in [0, 0.05) is 5.56 Å². The molecule has 6 heteroatoms. The van der Waals surface area contributed by atoms with Crippen LogP contribution in [-0.2, 0) is 15.9 Å². The zero-order valence-corrected chi connectivity index (χ0v) is 12.6. The van der Waals surface area contributed by atoms with E-state index in [1.54, 1.807) is 12.1 Å².